The van der Waals surface area contributed by atoms with Crippen molar-refractivity contribution in [2.75, 3.05) is 13.7 Å². The lowest BCUT2D eigenvalue weighted by Crippen LogP contribution is -2.50. The van der Waals surface area contributed by atoms with E-state index in [2.05, 4.69) is 66.8 Å². The maximum atomic E-state index is 11.5. The smallest absolute Gasteiger partial charge is 0.192 e. The Morgan fingerprint density at radius 3 is 1.79 bits per heavy atom. The van der Waals surface area contributed by atoms with Crippen LogP contribution in [0.2, 0.25) is 18.1 Å². The number of benzene rings is 2. The van der Waals surface area contributed by atoms with Gasteiger partial charge in [0.05, 0.1) is 51.3 Å². The Hall–Kier alpha value is -1.74. The molecule has 0 saturated heterocycles. The van der Waals surface area contributed by atoms with E-state index in [4.69, 9.17) is 18.6 Å². The summed E-state index contributed by atoms with van der Waals surface area (Å²) >= 11 is 0. The van der Waals surface area contributed by atoms with Gasteiger partial charge in [-0.05, 0) is 53.7 Å². The van der Waals surface area contributed by atoms with E-state index in [1.807, 2.05) is 56.3 Å². The zero-order valence-corrected chi connectivity index (χ0v) is 29.7. The first-order chi connectivity index (χ1) is 20.1. The third-order valence-corrected chi connectivity index (χ3v) is 13.8. The minimum Gasteiger partial charge on any atom is -0.497 e. The molecule has 0 aliphatic rings. The molecule has 7 atom stereocenters. The van der Waals surface area contributed by atoms with Crippen molar-refractivity contribution < 1.29 is 28.8 Å². The Morgan fingerprint density at radius 1 is 0.744 bits per heavy atom. The molecule has 2 aromatic carbocycles. The summed E-state index contributed by atoms with van der Waals surface area (Å²) in [6.45, 7) is 23.2. The SMILES string of the molecule is COc1ccc(CO[C@H](C(C)C)[C@@H](C)[C@H](O)C[C@H](O)[C@@H](C)[C@H](O[Si](C)(C)C(C)(C)C)[C@H](C)COCc2ccccc2)cc1. The van der Waals surface area contributed by atoms with Gasteiger partial charge in [0.1, 0.15) is 5.75 Å². The van der Waals surface area contributed by atoms with Gasteiger partial charge in [0.2, 0.25) is 0 Å². The highest BCUT2D eigenvalue weighted by Gasteiger charge is 2.43. The molecule has 0 amide bonds. The average molecular weight is 617 g/mol. The summed E-state index contributed by atoms with van der Waals surface area (Å²) in [7, 11) is -0.490. The molecule has 2 aromatic rings. The van der Waals surface area contributed by atoms with E-state index in [0.717, 1.165) is 16.9 Å². The molecule has 0 saturated carbocycles. The standard InChI is InChI=1S/C36H60O6Si/c1-25(2)34(41-24-30-17-19-31(39-9)20-18-30)27(4)32(37)21-33(38)28(5)35(42-43(10,11)36(6,7)8)26(3)22-40-23-29-15-13-12-14-16-29/h12-20,25-28,32-35,37-38H,21-24H2,1-11H3/t26-,27+,28-,32-,33+,34-,35-/m1/s1. The molecule has 0 heterocycles. The lowest BCUT2D eigenvalue weighted by molar-refractivity contribution is -0.0831. The van der Waals surface area contributed by atoms with Crippen LogP contribution in [0.3, 0.4) is 0 Å². The largest absolute Gasteiger partial charge is 0.497 e. The quantitative estimate of drug-likeness (QED) is 0.166. The third kappa shape index (κ3) is 11.6. The van der Waals surface area contributed by atoms with Crippen LogP contribution < -0.4 is 4.74 Å². The maximum absolute atomic E-state index is 11.5. The summed E-state index contributed by atoms with van der Waals surface area (Å²) in [5, 5.41) is 22.9. The van der Waals surface area contributed by atoms with Crippen molar-refractivity contribution in [3.05, 3.63) is 65.7 Å². The van der Waals surface area contributed by atoms with Crippen LogP contribution in [0.25, 0.3) is 0 Å². The Labute approximate surface area is 263 Å². The van der Waals surface area contributed by atoms with Crippen molar-refractivity contribution >= 4 is 8.32 Å². The summed E-state index contributed by atoms with van der Waals surface area (Å²) in [6.07, 6.45) is -1.57. The van der Waals surface area contributed by atoms with Crippen molar-refractivity contribution in [1.82, 2.24) is 0 Å². The molecule has 0 radical (unpaired) electrons. The molecule has 0 aliphatic heterocycles. The minimum absolute atomic E-state index is 0.0281. The topological polar surface area (TPSA) is 77.4 Å². The van der Waals surface area contributed by atoms with Crippen molar-refractivity contribution in [2.24, 2.45) is 23.7 Å². The lowest BCUT2D eigenvalue weighted by atomic mass is 9.83. The predicted molar refractivity (Wildman–Crippen MR) is 179 cm³/mol. The van der Waals surface area contributed by atoms with Crippen LogP contribution in [-0.4, -0.2) is 56.7 Å². The second-order valence-corrected chi connectivity index (χ2v) is 19.0. The Balaban J connectivity index is 2.10. The van der Waals surface area contributed by atoms with E-state index in [1.54, 1.807) is 7.11 Å². The number of hydrogen-bond donors (Lipinski definition) is 2. The summed E-state index contributed by atoms with van der Waals surface area (Å²) in [5.74, 6) is 0.724. The van der Waals surface area contributed by atoms with Crippen molar-refractivity contribution in [1.29, 1.82) is 0 Å². The van der Waals surface area contributed by atoms with Gasteiger partial charge in [-0.3, -0.25) is 0 Å². The Kier molecular flexibility index (Phi) is 14.9. The van der Waals surface area contributed by atoms with E-state index in [0.29, 0.717) is 19.8 Å². The van der Waals surface area contributed by atoms with Crippen LogP contribution >= 0.6 is 0 Å². The molecule has 2 rings (SSSR count). The number of ether oxygens (including phenoxy) is 3. The molecule has 0 aromatic heterocycles. The number of aliphatic hydroxyl groups excluding tert-OH is 2. The van der Waals surface area contributed by atoms with Gasteiger partial charge in [0.15, 0.2) is 8.32 Å². The minimum atomic E-state index is -2.14. The zero-order chi connectivity index (χ0) is 32.4. The highest BCUT2D eigenvalue weighted by Crippen LogP contribution is 2.40. The molecular formula is C36H60O6Si. The summed E-state index contributed by atoms with van der Waals surface area (Å²) in [5.41, 5.74) is 2.19. The van der Waals surface area contributed by atoms with Crippen molar-refractivity contribution in [2.45, 2.75) is 118 Å². The van der Waals surface area contributed by atoms with Crippen LogP contribution in [0.15, 0.2) is 54.6 Å². The van der Waals surface area contributed by atoms with Crippen molar-refractivity contribution in [3.63, 3.8) is 0 Å². The van der Waals surface area contributed by atoms with E-state index in [-0.39, 0.29) is 47.3 Å². The molecule has 0 spiro atoms. The normalized spacial score (nSPS) is 17.6. The molecule has 7 heteroatoms. The first-order valence-electron chi connectivity index (χ1n) is 16.0. The summed E-state index contributed by atoms with van der Waals surface area (Å²) in [6, 6.07) is 18.0. The van der Waals surface area contributed by atoms with E-state index in [9.17, 15) is 10.2 Å². The van der Waals surface area contributed by atoms with Gasteiger partial charge < -0.3 is 28.8 Å². The number of hydrogen-bond acceptors (Lipinski definition) is 6. The van der Waals surface area contributed by atoms with Crippen LogP contribution in [0.1, 0.15) is 72.9 Å². The van der Waals surface area contributed by atoms with Crippen LogP contribution in [0, 0.1) is 23.7 Å². The van der Waals surface area contributed by atoms with Gasteiger partial charge in [0.25, 0.3) is 0 Å². The molecule has 0 fully saturated rings. The van der Waals surface area contributed by atoms with E-state index < -0.39 is 20.5 Å². The number of methoxy groups -OCH3 is 1. The van der Waals surface area contributed by atoms with E-state index in [1.165, 1.54) is 0 Å². The first-order valence-corrected chi connectivity index (χ1v) is 18.9. The van der Waals surface area contributed by atoms with Gasteiger partial charge in [-0.15, -0.1) is 0 Å². The molecule has 244 valence electrons. The first kappa shape index (κ1) is 37.4. The zero-order valence-electron chi connectivity index (χ0n) is 28.7. The Bertz CT molecular complexity index is 1040. The average Bonchev–Trinajstić information content (AvgIpc) is 2.95. The molecule has 0 unspecified atom stereocenters. The fourth-order valence-electron chi connectivity index (χ4n) is 5.27. The number of aliphatic hydroxyl groups is 2. The molecule has 6 nitrogen and oxygen atoms in total. The highest BCUT2D eigenvalue weighted by atomic mass is 28.4. The fraction of sp³-hybridized carbons (Fsp3) is 0.667. The number of rotatable bonds is 18. The predicted octanol–water partition coefficient (Wildman–Crippen LogP) is 7.86. The van der Waals surface area contributed by atoms with Crippen LogP contribution in [0.4, 0.5) is 0 Å². The van der Waals surface area contributed by atoms with Crippen LogP contribution in [0.5, 0.6) is 5.75 Å². The molecule has 0 bridgehead atoms. The third-order valence-electron chi connectivity index (χ3n) is 9.28. The lowest BCUT2D eigenvalue weighted by Gasteiger charge is -2.44. The monoisotopic (exact) mass is 616 g/mol. The summed E-state index contributed by atoms with van der Waals surface area (Å²) in [4.78, 5) is 0. The van der Waals surface area contributed by atoms with Gasteiger partial charge in [0, 0.05) is 17.8 Å². The Morgan fingerprint density at radius 2 is 1.28 bits per heavy atom. The fourth-order valence-corrected chi connectivity index (χ4v) is 6.75. The molecule has 2 N–H and O–H groups in total. The summed E-state index contributed by atoms with van der Waals surface area (Å²) < 4.78 is 24.7. The van der Waals surface area contributed by atoms with Crippen molar-refractivity contribution in [3.8, 4) is 5.75 Å². The maximum Gasteiger partial charge on any atom is 0.192 e. The van der Waals surface area contributed by atoms with Crippen LogP contribution in [-0.2, 0) is 27.1 Å². The van der Waals surface area contributed by atoms with Gasteiger partial charge >= 0.3 is 0 Å². The van der Waals surface area contributed by atoms with E-state index >= 15 is 0 Å². The van der Waals surface area contributed by atoms with Gasteiger partial charge in [-0.2, -0.15) is 0 Å². The highest BCUT2D eigenvalue weighted by molar-refractivity contribution is 6.74. The molecular weight excluding hydrogens is 556 g/mol. The van der Waals surface area contributed by atoms with Gasteiger partial charge in [-0.25, -0.2) is 0 Å². The second kappa shape index (κ2) is 17.1. The molecule has 0 aliphatic carbocycles. The molecule has 43 heavy (non-hydrogen) atoms. The van der Waals surface area contributed by atoms with Gasteiger partial charge in [-0.1, -0.05) is 97.9 Å². The second-order valence-electron chi connectivity index (χ2n) is 14.3.